The Morgan fingerprint density at radius 1 is 1.22 bits per heavy atom. The van der Waals surface area contributed by atoms with Gasteiger partial charge in [0.15, 0.2) is 0 Å². The topological polar surface area (TPSA) is 42.5 Å². The molecule has 2 rings (SSSR count). The lowest BCUT2D eigenvalue weighted by atomic mass is 9.79. The van der Waals surface area contributed by atoms with Crippen LogP contribution in [0.25, 0.3) is 0 Å². The summed E-state index contributed by atoms with van der Waals surface area (Å²) in [5.74, 6) is 1.73. The van der Waals surface area contributed by atoms with Gasteiger partial charge in [-0.15, -0.1) is 0 Å². The molecule has 0 amide bonds. The number of piperidine rings is 1. The number of benzene rings is 1. The van der Waals surface area contributed by atoms with E-state index in [1.807, 2.05) is 12.1 Å². The average molecular weight is 432 g/mol. The van der Waals surface area contributed by atoms with E-state index in [9.17, 15) is 0 Å². The zero-order valence-corrected chi connectivity index (χ0v) is 17.0. The number of methoxy groups -OCH3 is 1. The van der Waals surface area contributed by atoms with Gasteiger partial charge in [-0.25, -0.2) is 0 Å². The Morgan fingerprint density at radius 2 is 1.87 bits per heavy atom. The van der Waals surface area contributed by atoms with E-state index in [-0.39, 0.29) is 11.1 Å². The molecule has 0 spiro atoms. The summed E-state index contributed by atoms with van der Waals surface area (Å²) in [5, 5.41) is 7.44. The largest absolute Gasteiger partial charge is 0.496 e. The molecule has 0 radical (unpaired) electrons. The Morgan fingerprint density at radius 3 is 2.43 bits per heavy atom. The van der Waals surface area contributed by atoms with Crippen LogP contribution in [0.4, 0.5) is 0 Å². The van der Waals surface area contributed by atoms with Crippen molar-refractivity contribution < 1.29 is 9.47 Å². The predicted octanol–water partition coefficient (Wildman–Crippen LogP) is 3.87. The minimum atomic E-state index is 0.154. The van der Waals surface area contributed by atoms with Gasteiger partial charge in [0.05, 0.1) is 7.11 Å². The summed E-state index contributed by atoms with van der Waals surface area (Å²) in [6, 6.07) is 6.56. The maximum atomic E-state index is 5.53. The Bertz CT molecular complexity index is 516. The highest BCUT2D eigenvalue weighted by Crippen LogP contribution is 2.30. The highest BCUT2D eigenvalue weighted by molar-refractivity contribution is 14.1. The number of halogens is 1. The van der Waals surface area contributed by atoms with Gasteiger partial charge in [0.2, 0.25) is 0 Å². The van der Waals surface area contributed by atoms with Crippen LogP contribution in [-0.2, 0) is 6.54 Å². The first-order valence-corrected chi connectivity index (χ1v) is 9.66. The molecule has 1 heterocycles. The molecule has 4 nitrogen and oxygen atoms in total. The van der Waals surface area contributed by atoms with Crippen molar-refractivity contribution in [3.05, 3.63) is 23.8 Å². The second-order valence-corrected chi connectivity index (χ2v) is 8.23. The summed E-state index contributed by atoms with van der Waals surface area (Å²) in [6.45, 7) is 9.92. The third kappa shape index (κ3) is 5.50. The second kappa shape index (κ2) is 7.57. The van der Waals surface area contributed by atoms with Crippen molar-refractivity contribution in [1.82, 2.24) is 10.6 Å². The Balaban J connectivity index is 2.02. The van der Waals surface area contributed by atoms with E-state index >= 15 is 0 Å². The van der Waals surface area contributed by atoms with Gasteiger partial charge in [-0.05, 0) is 69.2 Å². The van der Waals surface area contributed by atoms with E-state index in [1.165, 1.54) is 5.56 Å². The van der Waals surface area contributed by atoms with Crippen LogP contribution in [0.2, 0.25) is 0 Å². The first kappa shape index (κ1) is 18.8. The summed E-state index contributed by atoms with van der Waals surface area (Å²) in [5.41, 5.74) is 1.48. The smallest absolute Gasteiger partial charge is 0.139 e. The molecule has 0 atom stereocenters. The zero-order valence-electron chi connectivity index (χ0n) is 14.8. The van der Waals surface area contributed by atoms with Crippen molar-refractivity contribution in [2.45, 2.75) is 64.2 Å². The Kier molecular flexibility index (Phi) is 6.19. The van der Waals surface area contributed by atoms with Crippen LogP contribution in [0.15, 0.2) is 18.2 Å². The van der Waals surface area contributed by atoms with E-state index in [2.05, 4.69) is 67.0 Å². The van der Waals surface area contributed by atoms with E-state index in [0.29, 0.717) is 10.7 Å². The number of hydrogen-bond acceptors (Lipinski definition) is 4. The van der Waals surface area contributed by atoms with Gasteiger partial charge >= 0.3 is 0 Å². The molecule has 5 heteroatoms. The van der Waals surface area contributed by atoms with Crippen LogP contribution < -0.4 is 20.1 Å². The van der Waals surface area contributed by atoms with E-state index in [1.54, 1.807) is 7.11 Å². The molecule has 0 aliphatic carbocycles. The van der Waals surface area contributed by atoms with Gasteiger partial charge in [-0.1, -0.05) is 6.07 Å². The molecule has 0 saturated carbocycles. The molecule has 130 valence electrons. The highest BCUT2D eigenvalue weighted by Gasteiger charge is 2.37. The van der Waals surface area contributed by atoms with Crippen LogP contribution in [-0.4, -0.2) is 28.8 Å². The SMILES string of the molecule is COc1cc(OCI)ccc1CNC1CC(C)(C)NC(C)(C)C1. The zero-order chi connectivity index (χ0) is 17.1. The second-order valence-electron chi connectivity index (χ2n) is 7.61. The predicted molar refractivity (Wildman–Crippen MR) is 104 cm³/mol. The lowest BCUT2D eigenvalue weighted by Crippen LogP contribution is -2.61. The normalized spacial score (nSPS) is 20.3. The van der Waals surface area contributed by atoms with Crippen molar-refractivity contribution in [3.63, 3.8) is 0 Å². The molecule has 2 N–H and O–H groups in total. The molecular formula is C18H29IN2O2. The van der Waals surface area contributed by atoms with Gasteiger partial charge in [0.1, 0.15) is 16.1 Å². The van der Waals surface area contributed by atoms with Crippen LogP contribution in [0.1, 0.15) is 46.1 Å². The summed E-state index contributed by atoms with van der Waals surface area (Å²) >= 11 is 2.19. The van der Waals surface area contributed by atoms with E-state index < -0.39 is 0 Å². The van der Waals surface area contributed by atoms with Crippen molar-refractivity contribution in [2.24, 2.45) is 0 Å². The summed E-state index contributed by atoms with van der Waals surface area (Å²) in [7, 11) is 1.71. The van der Waals surface area contributed by atoms with Crippen LogP contribution in [0.3, 0.4) is 0 Å². The van der Waals surface area contributed by atoms with Gasteiger partial charge in [-0.3, -0.25) is 0 Å². The lowest BCUT2D eigenvalue weighted by molar-refractivity contribution is 0.145. The highest BCUT2D eigenvalue weighted by atomic mass is 127. The molecule has 23 heavy (non-hydrogen) atoms. The summed E-state index contributed by atoms with van der Waals surface area (Å²) in [6.07, 6.45) is 2.24. The number of rotatable bonds is 6. The Labute approximate surface area is 153 Å². The van der Waals surface area contributed by atoms with Crippen LogP contribution in [0, 0.1) is 0 Å². The molecular weight excluding hydrogens is 403 g/mol. The molecule has 1 aliphatic rings. The fourth-order valence-electron chi connectivity index (χ4n) is 3.74. The molecule has 1 aliphatic heterocycles. The fourth-order valence-corrected chi connectivity index (χ4v) is 4.10. The van der Waals surface area contributed by atoms with Gasteiger partial charge < -0.3 is 20.1 Å². The molecule has 1 aromatic rings. The molecule has 0 bridgehead atoms. The van der Waals surface area contributed by atoms with E-state index in [0.717, 1.165) is 30.9 Å². The van der Waals surface area contributed by atoms with Gasteiger partial charge in [0.25, 0.3) is 0 Å². The fraction of sp³-hybridized carbons (Fsp3) is 0.667. The van der Waals surface area contributed by atoms with E-state index in [4.69, 9.17) is 9.47 Å². The molecule has 0 unspecified atom stereocenters. The minimum Gasteiger partial charge on any atom is -0.496 e. The summed E-state index contributed by atoms with van der Waals surface area (Å²) in [4.78, 5) is 0. The monoisotopic (exact) mass is 432 g/mol. The number of nitrogens with one attached hydrogen (secondary N) is 2. The minimum absolute atomic E-state index is 0.154. The van der Waals surface area contributed by atoms with Crippen LogP contribution in [0.5, 0.6) is 11.5 Å². The third-order valence-corrected chi connectivity index (χ3v) is 4.56. The lowest BCUT2D eigenvalue weighted by Gasteiger charge is -2.46. The third-order valence-electron chi connectivity index (χ3n) is 4.25. The van der Waals surface area contributed by atoms with Gasteiger partial charge in [-0.2, -0.15) is 0 Å². The molecule has 1 aromatic carbocycles. The Hall–Kier alpha value is -0.530. The molecule has 1 fully saturated rings. The van der Waals surface area contributed by atoms with Crippen LogP contribution >= 0.6 is 22.6 Å². The van der Waals surface area contributed by atoms with Crippen molar-refractivity contribution in [3.8, 4) is 11.5 Å². The molecule has 1 saturated heterocycles. The first-order valence-electron chi connectivity index (χ1n) is 8.13. The maximum absolute atomic E-state index is 5.53. The number of alkyl halides is 1. The van der Waals surface area contributed by atoms with Gasteiger partial charge in [0, 0.05) is 35.3 Å². The maximum Gasteiger partial charge on any atom is 0.139 e. The molecule has 0 aromatic heterocycles. The number of ether oxygens (including phenoxy) is 2. The average Bonchev–Trinajstić information content (AvgIpc) is 2.42. The van der Waals surface area contributed by atoms with Crippen molar-refractivity contribution >= 4 is 22.6 Å². The van der Waals surface area contributed by atoms with Crippen molar-refractivity contribution in [2.75, 3.05) is 11.7 Å². The van der Waals surface area contributed by atoms with Crippen molar-refractivity contribution in [1.29, 1.82) is 0 Å². The first-order chi connectivity index (χ1) is 10.7. The number of hydrogen-bond donors (Lipinski definition) is 2. The quantitative estimate of drug-likeness (QED) is 0.529. The standard InChI is InChI=1S/C18H29IN2O2/c1-17(2)9-14(10-18(3,4)21-17)20-11-13-6-7-15(23-12-19)8-16(13)22-5/h6-8,14,20-21H,9-12H2,1-5H3. The summed E-state index contributed by atoms with van der Waals surface area (Å²) < 4.78 is 11.7.